The van der Waals surface area contributed by atoms with Gasteiger partial charge in [0.1, 0.15) is 75.7 Å². The molecule has 4 N–H and O–H groups in total. The molecule has 4 aliphatic rings. The number of nitrogens with zero attached hydrogens (tertiary/aromatic N) is 11. The zero-order chi connectivity index (χ0) is 94.1. The van der Waals surface area contributed by atoms with E-state index in [1.807, 2.05) is 113 Å². The van der Waals surface area contributed by atoms with Crippen molar-refractivity contribution in [2.24, 2.45) is 23.7 Å². The number of ether oxygens (including phenoxy) is 9. The fourth-order valence-corrected chi connectivity index (χ4v) is 11.2. The van der Waals surface area contributed by atoms with Crippen LogP contribution in [-0.4, -0.2) is 177 Å². The number of nitrogen functional groups attached to an aromatic ring is 1. The minimum absolute atomic E-state index is 0. The van der Waals surface area contributed by atoms with Gasteiger partial charge in [0.25, 0.3) is 0 Å². The predicted octanol–water partition coefficient (Wildman–Crippen LogP) is 18.1. The van der Waals surface area contributed by atoms with E-state index in [0.717, 1.165) is 51.3 Å². The summed E-state index contributed by atoms with van der Waals surface area (Å²) in [7, 11) is 0. The van der Waals surface area contributed by atoms with Crippen LogP contribution in [-0.2, 0) is 53.8 Å². The molecule has 0 radical (unpaired) electrons. The van der Waals surface area contributed by atoms with E-state index in [0.29, 0.717) is 84.1 Å². The zero-order valence-corrected chi connectivity index (χ0v) is 82.7. The van der Waals surface area contributed by atoms with Gasteiger partial charge in [0.15, 0.2) is 23.5 Å². The second-order valence-corrected chi connectivity index (χ2v) is 38.1. The van der Waals surface area contributed by atoms with Crippen molar-refractivity contribution < 1.29 is 128 Å². The van der Waals surface area contributed by atoms with Crippen LogP contribution in [0.1, 0.15) is 227 Å². The largest absolute Gasteiger partial charge is 1.00 e. The van der Waals surface area contributed by atoms with Crippen LogP contribution in [0.2, 0.25) is 0 Å². The van der Waals surface area contributed by atoms with Crippen molar-refractivity contribution in [3.05, 3.63) is 153 Å². The van der Waals surface area contributed by atoms with Crippen LogP contribution in [0.15, 0.2) is 144 Å². The SMILES string of the molecule is BrCC1CC1.CC(C)(C)OC(=O)Cc1cc(Br)ccn1.CC(C)(C)OC(=O)N(CC1CC1)c1cc(-c2nc(C(=O)O)co2)ccn1.CC(C)(C)OC(=O)N(CC1CC1)c1cc(Br)ccn1.CC(C)(C)OC(=O)OC(=O)OC(C)(C)C.CCOC(=O)c1coc(-c2ccnc(N(CC3CC3)C(=O)OC(C)(C)C)c2)n1.CCOC(=O)c1cocn1.Nc1cc(Br)ccn1.[Li+].[OH-]. The van der Waals surface area contributed by atoms with Gasteiger partial charge >= 0.3 is 73.3 Å². The number of carboxylic acids is 1. The van der Waals surface area contributed by atoms with Gasteiger partial charge in [0.05, 0.1) is 25.3 Å². The smallest absolute Gasteiger partial charge is 0.870 e. The summed E-state index contributed by atoms with van der Waals surface area (Å²) < 4.78 is 63.0. The van der Waals surface area contributed by atoms with Gasteiger partial charge in [-0.05, 0) is 274 Å². The third-order valence-electron chi connectivity index (χ3n) is 15.5. The summed E-state index contributed by atoms with van der Waals surface area (Å²) in [6, 6.07) is 17.6. The second kappa shape index (κ2) is 52.7. The molecule has 696 valence electrons. The fraction of sp³-hybridized carbons (Fsp3) is 0.511. The van der Waals surface area contributed by atoms with Crippen molar-refractivity contribution >= 4 is 141 Å². The molecule has 35 nitrogen and oxygen atoms in total. The van der Waals surface area contributed by atoms with E-state index < -0.39 is 76.0 Å². The number of aromatic carboxylic acids is 1. The van der Waals surface area contributed by atoms with E-state index in [4.69, 9.17) is 52.8 Å². The van der Waals surface area contributed by atoms with Crippen molar-refractivity contribution in [1.82, 2.24) is 39.9 Å². The normalized spacial score (nSPS) is 13.1. The molecule has 8 aromatic heterocycles. The summed E-state index contributed by atoms with van der Waals surface area (Å²) in [6.45, 7) is 37.9. The third kappa shape index (κ3) is 47.9. The molecular formula is C88H117Br4LiN12O23. The van der Waals surface area contributed by atoms with Crippen LogP contribution in [0, 0.1) is 23.7 Å². The number of hydrogen-bond donors (Lipinski definition) is 2. The van der Waals surface area contributed by atoms with Gasteiger partial charge in [0, 0.05) is 80.5 Å². The minimum Gasteiger partial charge on any atom is -0.870 e. The number of amides is 3. The number of carbonyl (C=O) groups excluding carboxylic acids is 8. The van der Waals surface area contributed by atoms with E-state index in [9.17, 15) is 43.2 Å². The van der Waals surface area contributed by atoms with E-state index in [-0.39, 0.29) is 78.3 Å². The summed E-state index contributed by atoms with van der Waals surface area (Å²) in [5.41, 5.74) is 3.74. The van der Waals surface area contributed by atoms with E-state index >= 15 is 0 Å². The first-order valence-electron chi connectivity index (χ1n) is 40.6. The van der Waals surface area contributed by atoms with Crippen LogP contribution < -0.4 is 39.3 Å². The molecule has 0 atom stereocenters. The topological polar surface area (TPSA) is 465 Å². The van der Waals surface area contributed by atoms with Gasteiger partial charge in [-0.2, -0.15) is 0 Å². The number of esters is 3. The van der Waals surface area contributed by atoms with Crippen molar-refractivity contribution in [2.75, 3.05) is 58.6 Å². The molecule has 0 aromatic carbocycles. The Labute approximate surface area is 792 Å². The number of anilines is 4. The molecule has 12 rings (SSSR count). The number of hydrogen-bond acceptors (Lipinski definition) is 31. The molecule has 0 bridgehead atoms. The van der Waals surface area contributed by atoms with Crippen molar-refractivity contribution in [3.63, 3.8) is 0 Å². The average molecular weight is 2040 g/mol. The number of alkyl halides is 1. The molecule has 128 heavy (non-hydrogen) atoms. The van der Waals surface area contributed by atoms with Crippen molar-refractivity contribution in [2.45, 2.75) is 230 Å². The Morgan fingerprint density at radius 3 is 1.11 bits per heavy atom. The van der Waals surface area contributed by atoms with Crippen molar-refractivity contribution in [1.29, 1.82) is 0 Å². The summed E-state index contributed by atoms with van der Waals surface area (Å²) in [4.78, 5) is 142. The maximum atomic E-state index is 12.7. The molecule has 4 saturated carbocycles. The Morgan fingerprint density at radius 1 is 0.445 bits per heavy atom. The quantitative estimate of drug-likeness (QED) is 0.0250. The summed E-state index contributed by atoms with van der Waals surface area (Å²) >= 11 is 13.3. The van der Waals surface area contributed by atoms with Gasteiger partial charge in [0.2, 0.25) is 11.8 Å². The van der Waals surface area contributed by atoms with Gasteiger partial charge in [-0.1, -0.05) is 63.7 Å². The Bertz CT molecular complexity index is 4790. The van der Waals surface area contributed by atoms with Crippen LogP contribution >= 0.6 is 63.7 Å². The number of carbonyl (C=O) groups is 9. The number of carboxylic acid groups (broad SMARTS) is 1. The third-order valence-corrected chi connectivity index (χ3v) is 17.9. The molecule has 0 spiro atoms. The molecule has 8 aromatic rings. The molecule has 0 aliphatic heterocycles. The molecular weight excluding hydrogens is 1920 g/mol. The number of oxazole rings is 3. The molecule has 3 amide bonds. The first kappa shape index (κ1) is 112. The number of nitrogens with two attached hydrogens (primary N) is 1. The minimum atomic E-state index is -1.17. The zero-order valence-electron chi connectivity index (χ0n) is 76.4. The summed E-state index contributed by atoms with van der Waals surface area (Å²) in [5, 5.41) is 10.2. The monoisotopic (exact) mass is 2030 g/mol. The van der Waals surface area contributed by atoms with Gasteiger partial charge in [-0.25, -0.2) is 73.2 Å². The number of halogens is 4. The van der Waals surface area contributed by atoms with Crippen LogP contribution in [0.4, 0.5) is 47.2 Å². The molecule has 8 heterocycles. The standard InChI is InChI=1S/C20H25N3O5.C18H21N3O5.C14H19BrN2O2.C11H14BrNO2.C10H18O5.C6H7NO3.C5H5BrN2.C4H7Br.Li.H2O/c1-5-26-18(24)15-12-27-17(22-15)14-8-9-21-16(10-14)23(11-13-6-7-13)19(25)28-20(2,3)4;1-18(2,3)26-17(24)21(9-11-4-5-11)14-8-12(6-7-19-14)15-20-13(10-25-15)16(22)23;1-14(2,3)19-13(18)17(9-10-4-5-10)12-8-11(15)6-7-16-12;1-11(2,3)15-10(14)7-9-6-8(12)4-5-13-9;1-9(2,3)14-7(11)13-8(12)15-10(4,5)6;1-2-10-6(8)5-3-9-4-7-5;6-4-1-2-8-5(7)3-4;5-3-4-1-2-4;;/h8-10,12-13H,5-7,11H2,1-4H3;6-8,10-11H,4-5,9H2,1-3H3,(H,22,23);6-8,10H,4-5,9H2,1-3H3;4-6H,7H2,1-3H3;1-6H3;3-4H,2H2,1H3;1-3H,(H2,7,8);4H,1-3H2;;1H2/q;;;;;;;;+1;/p-1. The first-order valence-corrected chi connectivity index (χ1v) is 44.1. The summed E-state index contributed by atoms with van der Waals surface area (Å²) in [6.07, 6.45) is 19.3. The van der Waals surface area contributed by atoms with Crippen LogP contribution in [0.25, 0.3) is 22.9 Å². The van der Waals surface area contributed by atoms with Crippen molar-refractivity contribution in [3.8, 4) is 22.9 Å². The molecule has 4 fully saturated rings. The number of pyridine rings is 5. The fourth-order valence-electron chi connectivity index (χ4n) is 9.45. The molecule has 0 saturated heterocycles. The molecule has 40 heteroatoms. The maximum absolute atomic E-state index is 12.7. The number of rotatable bonds is 19. The van der Waals surface area contributed by atoms with E-state index in [2.05, 4.69) is 117 Å². The van der Waals surface area contributed by atoms with E-state index in [1.54, 1.807) is 120 Å². The van der Waals surface area contributed by atoms with Crippen LogP contribution in [0.3, 0.4) is 0 Å². The van der Waals surface area contributed by atoms with Gasteiger partial charge < -0.3 is 72.2 Å². The van der Waals surface area contributed by atoms with Crippen LogP contribution in [0.5, 0.6) is 0 Å². The maximum Gasteiger partial charge on any atom is 1.00 e. The number of aromatic nitrogens is 8. The first-order chi connectivity index (χ1) is 58.8. The summed E-state index contributed by atoms with van der Waals surface area (Å²) in [5.74, 6) is 2.55. The van der Waals surface area contributed by atoms with E-state index in [1.165, 1.54) is 61.0 Å². The van der Waals surface area contributed by atoms with Gasteiger partial charge in [-0.3, -0.25) is 24.5 Å². The average Bonchev–Trinajstić information content (AvgIpc) is 1.49. The Morgan fingerprint density at radius 2 is 0.797 bits per heavy atom. The molecule has 0 unspecified atom stereocenters. The predicted molar refractivity (Wildman–Crippen MR) is 486 cm³/mol. The Kier molecular flexibility index (Phi) is 46.2. The Balaban J connectivity index is 0.000000392. The molecule has 4 aliphatic carbocycles. The Hall–Kier alpha value is -9.91. The second-order valence-electron chi connectivity index (χ2n) is 34.7. The van der Waals surface area contributed by atoms with Gasteiger partial charge in [-0.15, -0.1) is 0 Å².